The van der Waals surface area contributed by atoms with E-state index in [1.807, 2.05) is 6.92 Å². The molecule has 0 saturated carbocycles. The molecule has 0 radical (unpaired) electrons. The summed E-state index contributed by atoms with van der Waals surface area (Å²) in [5.74, 6) is -0.745. The number of rotatable bonds is 2. The van der Waals surface area contributed by atoms with E-state index in [-0.39, 0.29) is 28.2 Å². The lowest BCUT2D eigenvalue weighted by molar-refractivity contribution is 0.0903. The van der Waals surface area contributed by atoms with E-state index in [2.05, 4.69) is 21.2 Å². The normalized spacial score (nSPS) is 24.0. The third-order valence-electron chi connectivity index (χ3n) is 3.15. The Morgan fingerprint density at radius 1 is 1.53 bits per heavy atom. The molecule has 0 aliphatic carbocycles. The second kappa shape index (κ2) is 5.04. The molecule has 2 nitrogen and oxygen atoms in total. The Kier molecular flexibility index (Phi) is 3.85. The van der Waals surface area contributed by atoms with Crippen LogP contribution in [0.1, 0.15) is 17.3 Å². The molecular weight excluding hydrogens is 308 g/mol. The van der Waals surface area contributed by atoms with Gasteiger partial charge in [-0.15, -0.1) is 0 Å². The van der Waals surface area contributed by atoms with Crippen LogP contribution in [0.25, 0.3) is 0 Å². The van der Waals surface area contributed by atoms with Crippen molar-refractivity contribution < 1.29 is 9.18 Å². The Hall–Kier alpha value is -0.450. The summed E-state index contributed by atoms with van der Waals surface area (Å²) in [5.41, 5.74) is 0.0822. The number of benzene rings is 1. The van der Waals surface area contributed by atoms with Gasteiger partial charge in [0.25, 0.3) is 0 Å². The van der Waals surface area contributed by atoms with Crippen LogP contribution in [0.4, 0.5) is 4.39 Å². The van der Waals surface area contributed by atoms with E-state index in [0.29, 0.717) is 11.0 Å². The number of hydrogen-bond donors (Lipinski definition) is 1. The van der Waals surface area contributed by atoms with Crippen molar-refractivity contribution in [1.82, 2.24) is 5.32 Å². The van der Waals surface area contributed by atoms with Crippen LogP contribution in [0.2, 0.25) is 5.02 Å². The summed E-state index contributed by atoms with van der Waals surface area (Å²) in [6.45, 7) is 3.39. The second-order valence-corrected chi connectivity index (χ2v) is 5.56. The molecule has 0 bridgehead atoms. The number of hydrogen-bond acceptors (Lipinski definition) is 2. The highest BCUT2D eigenvalue weighted by atomic mass is 79.9. The predicted octanol–water partition coefficient (Wildman–Crippen LogP) is 3.28. The van der Waals surface area contributed by atoms with Crippen molar-refractivity contribution in [3.63, 3.8) is 0 Å². The molecule has 0 spiro atoms. The molecule has 2 unspecified atom stereocenters. The van der Waals surface area contributed by atoms with E-state index in [4.69, 9.17) is 11.6 Å². The Balaban J connectivity index is 2.34. The standard InChI is InChI=1S/C12H12BrClFNO/c1-6-4-16-5-8(6)12(17)7-2-3-9(13)10(14)11(7)15/h2-3,6,8,16H,4-5H2,1H3. The molecule has 92 valence electrons. The van der Waals surface area contributed by atoms with E-state index in [9.17, 15) is 9.18 Å². The van der Waals surface area contributed by atoms with Gasteiger partial charge in [-0.1, -0.05) is 18.5 Å². The van der Waals surface area contributed by atoms with Crippen molar-refractivity contribution in [2.45, 2.75) is 6.92 Å². The van der Waals surface area contributed by atoms with Crippen LogP contribution in [0.5, 0.6) is 0 Å². The van der Waals surface area contributed by atoms with Crippen LogP contribution in [-0.4, -0.2) is 18.9 Å². The molecule has 2 rings (SSSR count). The van der Waals surface area contributed by atoms with Crippen molar-refractivity contribution in [1.29, 1.82) is 0 Å². The Labute approximate surface area is 113 Å². The fraction of sp³-hybridized carbons (Fsp3) is 0.417. The number of halogens is 3. The zero-order valence-corrected chi connectivity index (χ0v) is 11.6. The summed E-state index contributed by atoms with van der Waals surface area (Å²) < 4.78 is 14.4. The molecule has 2 atom stereocenters. The van der Waals surface area contributed by atoms with Gasteiger partial charge in [0.05, 0.1) is 10.6 Å². The summed E-state index contributed by atoms with van der Waals surface area (Å²) in [5, 5.41) is 3.10. The van der Waals surface area contributed by atoms with Gasteiger partial charge in [-0.2, -0.15) is 0 Å². The van der Waals surface area contributed by atoms with Crippen molar-refractivity contribution >= 4 is 33.3 Å². The molecule has 1 aliphatic heterocycles. The maximum Gasteiger partial charge on any atom is 0.170 e. The fourth-order valence-electron chi connectivity index (χ4n) is 2.08. The minimum atomic E-state index is -0.634. The number of carbonyl (C=O) groups excluding carboxylic acids is 1. The Morgan fingerprint density at radius 3 is 2.82 bits per heavy atom. The van der Waals surface area contributed by atoms with E-state index in [1.54, 1.807) is 6.07 Å². The number of Topliss-reactive ketones (excluding diaryl/α,β-unsaturated/α-hetero) is 1. The van der Waals surface area contributed by atoms with Gasteiger partial charge >= 0.3 is 0 Å². The molecule has 5 heteroatoms. The average Bonchev–Trinajstić information content (AvgIpc) is 2.72. The van der Waals surface area contributed by atoms with Crippen molar-refractivity contribution in [3.05, 3.63) is 33.0 Å². The molecule has 1 aromatic carbocycles. The Morgan fingerprint density at radius 2 is 2.24 bits per heavy atom. The molecule has 1 heterocycles. The van der Waals surface area contributed by atoms with Gasteiger partial charge in [0.2, 0.25) is 0 Å². The minimum Gasteiger partial charge on any atom is -0.316 e. The van der Waals surface area contributed by atoms with Crippen LogP contribution in [-0.2, 0) is 0 Å². The first kappa shape index (κ1) is 13.0. The lowest BCUT2D eigenvalue weighted by Crippen LogP contribution is -2.22. The number of ketones is 1. The van der Waals surface area contributed by atoms with Crippen LogP contribution in [0, 0.1) is 17.7 Å². The van der Waals surface area contributed by atoms with Gasteiger partial charge in [-0.25, -0.2) is 4.39 Å². The summed E-state index contributed by atoms with van der Waals surface area (Å²) in [6, 6.07) is 3.09. The average molecular weight is 321 g/mol. The molecule has 0 amide bonds. The largest absolute Gasteiger partial charge is 0.316 e. The van der Waals surface area contributed by atoms with Crippen LogP contribution < -0.4 is 5.32 Å². The third kappa shape index (κ3) is 2.39. The fourth-order valence-corrected chi connectivity index (χ4v) is 2.55. The summed E-state index contributed by atoms with van der Waals surface area (Å²) in [7, 11) is 0. The molecule has 1 aliphatic rings. The van der Waals surface area contributed by atoms with Gasteiger partial charge in [0, 0.05) is 16.9 Å². The molecule has 1 aromatic rings. The quantitative estimate of drug-likeness (QED) is 0.669. The van der Waals surface area contributed by atoms with Gasteiger partial charge in [0.1, 0.15) is 0 Å². The molecule has 0 aromatic heterocycles. The highest BCUT2D eigenvalue weighted by molar-refractivity contribution is 9.10. The highest BCUT2D eigenvalue weighted by Gasteiger charge is 2.32. The zero-order chi connectivity index (χ0) is 12.6. The monoisotopic (exact) mass is 319 g/mol. The minimum absolute atomic E-state index is 0.0329. The predicted molar refractivity (Wildman–Crippen MR) is 69.0 cm³/mol. The molecule has 1 fully saturated rings. The number of nitrogens with one attached hydrogen (secondary N) is 1. The lowest BCUT2D eigenvalue weighted by atomic mass is 9.89. The first-order valence-corrected chi connectivity index (χ1v) is 6.58. The van der Waals surface area contributed by atoms with E-state index in [0.717, 1.165) is 6.54 Å². The summed E-state index contributed by atoms with van der Waals surface area (Å²) in [4.78, 5) is 12.2. The molecule has 1 saturated heterocycles. The van der Waals surface area contributed by atoms with Gasteiger partial charge in [0.15, 0.2) is 11.6 Å². The van der Waals surface area contributed by atoms with Gasteiger partial charge in [-0.3, -0.25) is 4.79 Å². The summed E-state index contributed by atoms with van der Waals surface area (Å²) in [6.07, 6.45) is 0. The highest BCUT2D eigenvalue weighted by Crippen LogP contribution is 2.30. The lowest BCUT2D eigenvalue weighted by Gasteiger charge is -2.14. The van der Waals surface area contributed by atoms with Crippen LogP contribution in [0.3, 0.4) is 0 Å². The van der Waals surface area contributed by atoms with Crippen LogP contribution >= 0.6 is 27.5 Å². The van der Waals surface area contributed by atoms with Crippen LogP contribution in [0.15, 0.2) is 16.6 Å². The van der Waals surface area contributed by atoms with Crippen molar-refractivity contribution in [2.24, 2.45) is 11.8 Å². The topological polar surface area (TPSA) is 29.1 Å². The van der Waals surface area contributed by atoms with Gasteiger partial charge in [-0.05, 0) is 40.5 Å². The van der Waals surface area contributed by atoms with Gasteiger partial charge < -0.3 is 5.32 Å². The maximum absolute atomic E-state index is 13.9. The molecule has 17 heavy (non-hydrogen) atoms. The SMILES string of the molecule is CC1CNCC1C(=O)c1ccc(Br)c(Cl)c1F. The number of carbonyl (C=O) groups is 1. The van der Waals surface area contributed by atoms with Crippen molar-refractivity contribution in [3.8, 4) is 0 Å². The van der Waals surface area contributed by atoms with E-state index < -0.39 is 5.82 Å². The third-order valence-corrected chi connectivity index (χ3v) is 4.41. The smallest absolute Gasteiger partial charge is 0.170 e. The zero-order valence-electron chi connectivity index (χ0n) is 9.27. The second-order valence-electron chi connectivity index (χ2n) is 4.33. The first-order chi connectivity index (χ1) is 8.02. The summed E-state index contributed by atoms with van der Waals surface area (Å²) >= 11 is 8.91. The van der Waals surface area contributed by atoms with E-state index >= 15 is 0 Å². The molecular formula is C12H12BrClFNO. The van der Waals surface area contributed by atoms with Crippen molar-refractivity contribution in [2.75, 3.05) is 13.1 Å². The Bertz CT molecular complexity index is 466. The molecule has 1 N–H and O–H groups in total. The first-order valence-electron chi connectivity index (χ1n) is 5.40. The maximum atomic E-state index is 13.9. The van der Waals surface area contributed by atoms with E-state index in [1.165, 1.54) is 6.07 Å².